The van der Waals surface area contributed by atoms with Gasteiger partial charge in [0.2, 0.25) is 0 Å². The van der Waals surface area contributed by atoms with Crippen molar-refractivity contribution >= 4 is 11.6 Å². The number of rotatable bonds is 3. The largest absolute Gasteiger partial charge is 0.486 e. The minimum Gasteiger partial charge on any atom is -0.486 e. The van der Waals surface area contributed by atoms with Crippen molar-refractivity contribution in [3.63, 3.8) is 0 Å². The minimum absolute atomic E-state index is 0.190. The van der Waals surface area contributed by atoms with Crippen LogP contribution in [0.1, 0.15) is 17.0 Å². The molecule has 0 spiro atoms. The van der Waals surface area contributed by atoms with E-state index in [1.807, 2.05) is 25.1 Å². The zero-order chi connectivity index (χ0) is 14.4. The van der Waals surface area contributed by atoms with Gasteiger partial charge in [0.1, 0.15) is 18.2 Å². The topological polar surface area (TPSA) is 22.1 Å². The summed E-state index contributed by atoms with van der Waals surface area (Å²) >= 11 is 5.52. The van der Waals surface area contributed by atoms with Gasteiger partial charge in [0, 0.05) is 5.69 Å². The number of aryl methyl sites for hydroxylation is 1. The molecule has 0 saturated carbocycles. The summed E-state index contributed by atoms with van der Waals surface area (Å²) in [5.41, 5.74) is 2.22. The summed E-state index contributed by atoms with van der Waals surface area (Å²) < 4.78 is 18.9. The van der Waals surface area contributed by atoms with Crippen LogP contribution >= 0.6 is 11.6 Å². The van der Waals surface area contributed by atoms with Crippen molar-refractivity contribution in [3.8, 4) is 17.6 Å². The summed E-state index contributed by atoms with van der Waals surface area (Å²) in [5, 5.41) is 0. The first kappa shape index (κ1) is 14.4. The van der Waals surface area contributed by atoms with Crippen LogP contribution in [-0.4, -0.2) is 10.9 Å². The molecule has 0 atom stereocenters. The van der Waals surface area contributed by atoms with Crippen molar-refractivity contribution in [2.75, 3.05) is 5.88 Å². The standard InChI is InChI=1S/C16H13ClFNO/c1-12-4-2-6-15(19-12)11-20-16-8-7-14(18)10-13(16)5-3-9-17/h2,4,6-8,10H,9,11H2,1H3. The highest BCUT2D eigenvalue weighted by Crippen LogP contribution is 2.20. The van der Waals surface area contributed by atoms with Gasteiger partial charge in [-0.05, 0) is 37.3 Å². The molecule has 0 saturated heterocycles. The molecule has 102 valence electrons. The van der Waals surface area contributed by atoms with Gasteiger partial charge in [-0.25, -0.2) is 4.39 Å². The number of alkyl halides is 1. The van der Waals surface area contributed by atoms with Gasteiger partial charge >= 0.3 is 0 Å². The SMILES string of the molecule is Cc1cccc(COc2ccc(F)cc2C#CCCl)n1. The van der Waals surface area contributed by atoms with Crippen LogP contribution in [-0.2, 0) is 6.61 Å². The van der Waals surface area contributed by atoms with Crippen molar-refractivity contribution in [2.45, 2.75) is 13.5 Å². The van der Waals surface area contributed by atoms with Crippen molar-refractivity contribution in [1.82, 2.24) is 4.98 Å². The molecule has 2 rings (SSSR count). The lowest BCUT2D eigenvalue weighted by Crippen LogP contribution is -2.00. The van der Waals surface area contributed by atoms with E-state index >= 15 is 0 Å². The van der Waals surface area contributed by atoms with Crippen LogP contribution in [0.25, 0.3) is 0 Å². The second-order valence-corrected chi connectivity index (χ2v) is 4.40. The Hall–Kier alpha value is -2.05. The molecule has 0 unspecified atom stereocenters. The molecule has 0 aliphatic rings. The van der Waals surface area contributed by atoms with Gasteiger partial charge in [-0.2, -0.15) is 0 Å². The number of halogens is 2. The van der Waals surface area contributed by atoms with Crippen LogP contribution < -0.4 is 4.74 Å². The molecular weight excluding hydrogens is 277 g/mol. The number of ether oxygens (including phenoxy) is 1. The first-order valence-corrected chi connectivity index (χ1v) is 6.62. The Morgan fingerprint density at radius 3 is 2.90 bits per heavy atom. The molecule has 1 heterocycles. The van der Waals surface area contributed by atoms with Crippen LogP contribution in [0.3, 0.4) is 0 Å². The van der Waals surface area contributed by atoms with Gasteiger partial charge in [0.05, 0.1) is 17.1 Å². The molecule has 4 heteroatoms. The van der Waals surface area contributed by atoms with Crippen LogP contribution in [0.4, 0.5) is 4.39 Å². The third kappa shape index (κ3) is 3.97. The Morgan fingerprint density at radius 1 is 1.30 bits per heavy atom. The summed E-state index contributed by atoms with van der Waals surface area (Å²) in [6.45, 7) is 2.22. The first-order chi connectivity index (χ1) is 9.69. The van der Waals surface area contributed by atoms with Crippen molar-refractivity contribution in [3.05, 3.63) is 59.2 Å². The van der Waals surface area contributed by atoms with E-state index in [1.165, 1.54) is 12.1 Å². The van der Waals surface area contributed by atoms with E-state index in [4.69, 9.17) is 16.3 Å². The van der Waals surface area contributed by atoms with E-state index < -0.39 is 0 Å². The Bertz CT molecular complexity index is 661. The molecule has 2 nitrogen and oxygen atoms in total. The number of aromatic nitrogens is 1. The number of nitrogens with zero attached hydrogens (tertiary/aromatic N) is 1. The Labute approximate surface area is 122 Å². The Balaban J connectivity index is 2.16. The first-order valence-electron chi connectivity index (χ1n) is 6.09. The van der Waals surface area contributed by atoms with E-state index in [1.54, 1.807) is 6.07 Å². The normalized spacial score (nSPS) is 9.75. The van der Waals surface area contributed by atoms with E-state index in [2.05, 4.69) is 16.8 Å². The van der Waals surface area contributed by atoms with E-state index in [-0.39, 0.29) is 11.7 Å². The molecule has 20 heavy (non-hydrogen) atoms. The van der Waals surface area contributed by atoms with Crippen LogP contribution in [0.2, 0.25) is 0 Å². The fourth-order valence-corrected chi connectivity index (χ4v) is 1.75. The lowest BCUT2D eigenvalue weighted by Gasteiger charge is -2.08. The molecule has 1 aromatic heterocycles. The maximum absolute atomic E-state index is 13.2. The van der Waals surface area contributed by atoms with E-state index in [9.17, 15) is 4.39 Å². The number of hydrogen-bond donors (Lipinski definition) is 0. The summed E-state index contributed by atoms with van der Waals surface area (Å²) in [6, 6.07) is 9.94. The zero-order valence-electron chi connectivity index (χ0n) is 11.0. The fraction of sp³-hybridized carbons (Fsp3) is 0.188. The second-order valence-electron chi connectivity index (χ2n) is 4.13. The van der Waals surface area contributed by atoms with Gasteiger partial charge in [-0.15, -0.1) is 11.6 Å². The van der Waals surface area contributed by atoms with Crippen LogP contribution in [0, 0.1) is 24.6 Å². The van der Waals surface area contributed by atoms with E-state index in [0.29, 0.717) is 17.9 Å². The monoisotopic (exact) mass is 289 g/mol. The Morgan fingerprint density at radius 2 is 2.15 bits per heavy atom. The average Bonchev–Trinajstić information content (AvgIpc) is 2.44. The molecule has 0 aliphatic carbocycles. The zero-order valence-corrected chi connectivity index (χ0v) is 11.7. The van der Waals surface area contributed by atoms with Gasteiger partial charge in [0.15, 0.2) is 0 Å². The quantitative estimate of drug-likeness (QED) is 0.635. The molecule has 0 N–H and O–H groups in total. The third-order valence-electron chi connectivity index (χ3n) is 2.55. The van der Waals surface area contributed by atoms with Crippen molar-refractivity contribution in [1.29, 1.82) is 0 Å². The maximum Gasteiger partial charge on any atom is 0.135 e. The smallest absolute Gasteiger partial charge is 0.135 e. The van der Waals surface area contributed by atoms with Gasteiger partial charge in [-0.3, -0.25) is 4.98 Å². The predicted molar refractivity (Wildman–Crippen MR) is 77.3 cm³/mol. The molecule has 0 amide bonds. The highest BCUT2D eigenvalue weighted by Gasteiger charge is 2.04. The van der Waals surface area contributed by atoms with E-state index in [0.717, 1.165) is 11.4 Å². The molecule has 1 aromatic carbocycles. The van der Waals surface area contributed by atoms with Gasteiger partial charge in [-0.1, -0.05) is 17.9 Å². The van der Waals surface area contributed by atoms with Crippen LogP contribution in [0.15, 0.2) is 36.4 Å². The maximum atomic E-state index is 13.2. The number of hydrogen-bond acceptors (Lipinski definition) is 2. The molecule has 0 fully saturated rings. The summed E-state index contributed by atoms with van der Waals surface area (Å²) in [6.07, 6.45) is 0. The van der Waals surface area contributed by atoms with Crippen LogP contribution in [0.5, 0.6) is 5.75 Å². The molecule has 0 aliphatic heterocycles. The lowest BCUT2D eigenvalue weighted by atomic mass is 10.2. The van der Waals surface area contributed by atoms with Gasteiger partial charge < -0.3 is 4.74 Å². The number of pyridine rings is 1. The van der Waals surface area contributed by atoms with Gasteiger partial charge in [0.25, 0.3) is 0 Å². The minimum atomic E-state index is -0.357. The predicted octanol–water partition coefficient (Wildman–Crippen LogP) is 3.70. The molecule has 0 bridgehead atoms. The fourth-order valence-electron chi connectivity index (χ4n) is 1.69. The molecule has 0 radical (unpaired) electrons. The summed E-state index contributed by atoms with van der Waals surface area (Å²) in [4.78, 5) is 4.34. The van der Waals surface area contributed by atoms with Crippen molar-refractivity contribution < 1.29 is 9.13 Å². The second kappa shape index (κ2) is 6.93. The average molecular weight is 290 g/mol. The summed E-state index contributed by atoms with van der Waals surface area (Å²) in [5.74, 6) is 5.83. The highest BCUT2D eigenvalue weighted by molar-refractivity contribution is 6.19. The molecule has 2 aromatic rings. The lowest BCUT2D eigenvalue weighted by molar-refractivity contribution is 0.300. The highest BCUT2D eigenvalue weighted by atomic mass is 35.5. The third-order valence-corrected chi connectivity index (χ3v) is 2.69. The Kier molecular flexibility index (Phi) is 4.97. The molecular formula is C16H13ClFNO. The summed E-state index contributed by atoms with van der Waals surface area (Å²) in [7, 11) is 0. The number of benzene rings is 1. The van der Waals surface area contributed by atoms with Crippen molar-refractivity contribution in [2.24, 2.45) is 0 Å².